The van der Waals surface area contributed by atoms with Crippen LogP contribution in [0.15, 0.2) is 18.2 Å². The maximum atomic E-state index is 12.7. The van der Waals surface area contributed by atoms with Crippen molar-refractivity contribution in [3.05, 3.63) is 45.3 Å². The molecule has 1 aromatic heterocycles. The molecule has 1 atom stereocenters. The van der Waals surface area contributed by atoms with Crippen LogP contribution < -0.4 is 21.1 Å². The van der Waals surface area contributed by atoms with Crippen LogP contribution in [0.1, 0.15) is 63.9 Å². The third-order valence-corrected chi connectivity index (χ3v) is 7.23. The Bertz CT molecular complexity index is 1040. The number of thiocarbonyl (C=S) groups is 1. The SMILES string of the molecule is COc1c(C)cccc1C(=O)NC(=S)Nc1sc2c(c1C(N)=O)CC[C@H](C(C)(C)C)C2. The van der Waals surface area contributed by atoms with E-state index in [1.165, 1.54) is 18.4 Å². The van der Waals surface area contributed by atoms with Crippen molar-refractivity contribution in [2.75, 3.05) is 12.4 Å². The first kappa shape index (κ1) is 23.2. The van der Waals surface area contributed by atoms with Crippen molar-refractivity contribution in [3.8, 4) is 5.75 Å². The number of nitrogens with two attached hydrogens (primary N) is 1. The average Bonchev–Trinajstić information content (AvgIpc) is 3.03. The van der Waals surface area contributed by atoms with Gasteiger partial charge in [-0.3, -0.25) is 14.9 Å². The van der Waals surface area contributed by atoms with Crippen LogP contribution in [0.4, 0.5) is 5.00 Å². The number of para-hydroxylation sites is 1. The number of hydrogen-bond donors (Lipinski definition) is 3. The van der Waals surface area contributed by atoms with Crippen molar-refractivity contribution in [2.24, 2.45) is 17.1 Å². The number of primary amides is 1. The normalized spacial score (nSPS) is 15.7. The van der Waals surface area contributed by atoms with Gasteiger partial charge >= 0.3 is 0 Å². The number of hydrogen-bond acceptors (Lipinski definition) is 5. The van der Waals surface area contributed by atoms with Gasteiger partial charge < -0.3 is 15.8 Å². The second kappa shape index (κ2) is 8.96. The summed E-state index contributed by atoms with van der Waals surface area (Å²) in [5.41, 5.74) is 8.63. The number of amides is 2. The number of methoxy groups -OCH3 is 1. The van der Waals surface area contributed by atoms with E-state index in [4.69, 9.17) is 22.7 Å². The summed E-state index contributed by atoms with van der Waals surface area (Å²) in [6.07, 6.45) is 2.74. The van der Waals surface area contributed by atoms with Crippen molar-refractivity contribution in [1.29, 1.82) is 0 Å². The van der Waals surface area contributed by atoms with Gasteiger partial charge in [-0.1, -0.05) is 32.9 Å². The smallest absolute Gasteiger partial charge is 0.261 e. The highest BCUT2D eigenvalue weighted by Crippen LogP contribution is 2.44. The lowest BCUT2D eigenvalue weighted by atomic mass is 9.72. The molecule has 0 unspecified atom stereocenters. The monoisotopic (exact) mass is 459 g/mol. The first-order valence-corrected chi connectivity index (χ1v) is 11.5. The molecule has 1 aromatic carbocycles. The van der Waals surface area contributed by atoms with E-state index >= 15 is 0 Å². The van der Waals surface area contributed by atoms with Gasteiger partial charge in [0.05, 0.1) is 18.2 Å². The fourth-order valence-corrected chi connectivity index (χ4v) is 5.68. The van der Waals surface area contributed by atoms with Crippen LogP contribution in [0.2, 0.25) is 0 Å². The van der Waals surface area contributed by atoms with E-state index in [2.05, 4.69) is 31.4 Å². The first-order chi connectivity index (χ1) is 14.5. The van der Waals surface area contributed by atoms with Gasteiger partial charge in [0.2, 0.25) is 0 Å². The van der Waals surface area contributed by atoms with Crippen LogP contribution in [0.25, 0.3) is 0 Å². The summed E-state index contributed by atoms with van der Waals surface area (Å²) in [7, 11) is 1.52. The van der Waals surface area contributed by atoms with E-state index in [1.807, 2.05) is 13.0 Å². The Kier molecular flexibility index (Phi) is 6.71. The molecule has 8 heteroatoms. The first-order valence-electron chi connectivity index (χ1n) is 10.2. The van der Waals surface area contributed by atoms with E-state index in [0.717, 1.165) is 35.3 Å². The van der Waals surface area contributed by atoms with Crippen LogP contribution in [-0.2, 0) is 12.8 Å². The fourth-order valence-electron chi connectivity index (χ4n) is 4.08. The van der Waals surface area contributed by atoms with E-state index in [0.29, 0.717) is 27.8 Å². The molecule has 0 radical (unpaired) electrons. The van der Waals surface area contributed by atoms with Gasteiger partial charge in [0, 0.05) is 4.88 Å². The fraction of sp³-hybridized carbons (Fsp3) is 0.435. The number of rotatable bonds is 4. The van der Waals surface area contributed by atoms with E-state index in [-0.39, 0.29) is 16.4 Å². The van der Waals surface area contributed by atoms with Gasteiger partial charge in [-0.05, 0) is 66.9 Å². The molecule has 1 aliphatic carbocycles. The van der Waals surface area contributed by atoms with E-state index in [9.17, 15) is 9.59 Å². The Morgan fingerprint density at radius 1 is 1.29 bits per heavy atom. The third kappa shape index (κ3) is 4.91. The Morgan fingerprint density at radius 2 is 2.00 bits per heavy atom. The minimum absolute atomic E-state index is 0.113. The van der Waals surface area contributed by atoms with Crippen molar-refractivity contribution in [2.45, 2.75) is 47.0 Å². The molecule has 2 amide bonds. The molecule has 0 saturated heterocycles. The second-order valence-corrected chi connectivity index (χ2v) is 10.5. The molecule has 3 rings (SSSR count). The Labute approximate surface area is 192 Å². The van der Waals surface area contributed by atoms with Gasteiger partial charge in [0.15, 0.2) is 5.11 Å². The molecule has 1 heterocycles. The number of anilines is 1. The predicted octanol–water partition coefficient (Wildman–Crippen LogP) is 4.44. The molecule has 0 spiro atoms. The zero-order valence-electron chi connectivity index (χ0n) is 18.5. The number of thiophene rings is 1. The minimum atomic E-state index is -0.483. The number of fused-ring (bicyclic) bond motifs is 1. The molecule has 0 fully saturated rings. The van der Waals surface area contributed by atoms with Gasteiger partial charge in [-0.2, -0.15) is 0 Å². The molecule has 166 valence electrons. The van der Waals surface area contributed by atoms with Crippen LogP contribution >= 0.6 is 23.6 Å². The summed E-state index contributed by atoms with van der Waals surface area (Å²) in [6, 6.07) is 5.33. The largest absolute Gasteiger partial charge is 0.496 e. The highest BCUT2D eigenvalue weighted by atomic mass is 32.1. The quantitative estimate of drug-likeness (QED) is 0.588. The number of ether oxygens (including phenoxy) is 1. The van der Waals surface area contributed by atoms with Crippen molar-refractivity contribution in [1.82, 2.24) is 5.32 Å². The molecule has 0 bridgehead atoms. The predicted molar refractivity (Wildman–Crippen MR) is 129 cm³/mol. The molecule has 2 aromatic rings. The average molecular weight is 460 g/mol. The standard InChI is InChI=1S/C23H29N3O3S2/c1-12-7-6-8-15(18(12)29-5)20(28)25-22(30)26-21-17(19(24)27)14-10-9-13(23(2,3)4)11-16(14)31-21/h6-8,13H,9-11H2,1-5H3,(H2,24,27)(H2,25,26,28,30)/t13-/m0/s1. The number of aryl methyl sites for hydroxylation is 1. The van der Waals surface area contributed by atoms with Crippen molar-refractivity contribution >= 4 is 45.5 Å². The molecule has 0 saturated carbocycles. The number of carbonyl (C=O) groups excluding carboxylic acids is 2. The highest BCUT2D eigenvalue weighted by Gasteiger charge is 2.33. The minimum Gasteiger partial charge on any atom is -0.496 e. The van der Waals surface area contributed by atoms with Crippen LogP contribution in [0.3, 0.4) is 0 Å². The van der Waals surface area contributed by atoms with Crippen molar-refractivity contribution < 1.29 is 14.3 Å². The Morgan fingerprint density at radius 3 is 2.61 bits per heavy atom. The molecule has 4 N–H and O–H groups in total. The second-order valence-electron chi connectivity index (χ2n) is 8.94. The molecular weight excluding hydrogens is 430 g/mol. The topological polar surface area (TPSA) is 93.4 Å². The zero-order valence-corrected chi connectivity index (χ0v) is 20.2. The summed E-state index contributed by atoms with van der Waals surface area (Å²) in [5.74, 6) is 0.171. The lowest BCUT2D eigenvalue weighted by molar-refractivity contribution is 0.0972. The molecule has 0 aliphatic heterocycles. The lowest BCUT2D eigenvalue weighted by Gasteiger charge is -2.33. The van der Waals surface area contributed by atoms with Gasteiger partial charge in [-0.25, -0.2) is 0 Å². The Balaban J connectivity index is 1.81. The zero-order chi connectivity index (χ0) is 22.9. The van der Waals surface area contributed by atoms with E-state index in [1.54, 1.807) is 12.1 Å². The van der Waals surface area contributed by atoms with Gasteiger partial charge in [0.25, 0.3) is 11.8 Å². The van der Waals surface area contributed by atoms with Crippen LogP contribution in [0, 0.1) is 18.3 Å². The van der Waals surface area contributed by atoms with Gasteiger partial charge in [-0.15, -0.1) is 11.3 Å². The van der Waals surface area contributed by atoms with Crippen LogP contribution in [-0.4, -0.2) is 24.0 Å². The summed E-state index contributed by atoms with van der Waals surface area (Å²) in [4.78, 5) is 26.1. The van der Waals surface area contributed by atoms with Crippen molar-refractivity contribution in [3.63, 3.8) is 0 Å². The van der Waals surface area contributed by atoms with E-state index < -0.39 is 5.91 Å². The van der Waals surface area contributed by atoms with Gasteiger partial charge in [0.1, 0.15) is 10.8 Å². The summed E-state index contributed by atoms with van der Waals surface area (Å²) >= 11 is 6.86. The third-order valence-electron chi connectivity index (χ3n) is 5.85. The molecule has 1 aliphatic rings. The number of nitrogens with one attached hydrogen (secondary N) is 2. The number of benzene rings is 1. The number of carbonyl (C=O) groups is 2. The highest BCUT2D eigenvalue weighted by molar-refractivity contribution is 7.80. The molecule has 6 nitrogen and oxygen atoms in total. The van der Waals surface area contributed by atoms with Crippen LogP contribution in [0.5, 0.6) is 5.75 Å². The molecule has 31 heavy (non-hydrogen) atoms. The summed E-state index contributed by atoms with van der Waals surface area (Å²) < 4.78 is 5.36. The maximum Gasteiger partial charge on any atom is 0.261 e. The maximum absolute atomic E-state index is 12.7. The Hall–Kier alpha value is -2.45. The molecular formula is C23H29N3O3S2. The summed E-state index contributed by atoms with van der Waals surface area (Å²) in [6.45, 7) is 8.60. The summed E-state index contributed by atoms with van der Waals surface area (Å²) in [5, 5.41) is 6.42. The lowest BCUT2D eigenvalue weighted by Crippen LogP contribution is -2.34.